The molecule has 0 radical (unpaired) electrons. The second-order valence-electron chi connectivity index (χ2n) is 4.30. The van der Waals surface area contributed by atoms with Gasteiger partial charge < -0.3 is 4.74 Å². The summed E-state index contributed by atoms with van der Waals surface area (Å²) in [6, 6.07) is 5.49. The molecule has 1 N–H and O–H groups in total. The third-order valence-corrected chi connectivity index (χ3v) is 3.46. The fourth-order valence-corrected chi connectivity index (χ4v) is 2.57. The lowest BCUT2D eigenvalue weighted by atomic mass is 9.84. The first kappa shape index (κ1) is 12.2. The Morgan fingerprint density at radius 2 is 2.18 bits per heavy atom. The Labute approximate surface area is 106 Å². The number of amides is 1. The van der Waals surface area contributed by atoms with Crippen LogP contribution in [0.3, 0.4) is 0 Å². The van der Waals surface area contributed by atoms with Crippen LogP contribution in [0, 0.1) is 0 Å². The Bertz CT molecular complexity index is 447. The minimum atomic E-state index is -0.530. The van der Waals surface area contributed by atoms with Crippen molar-refractivity contribution in [1.82, 2.24) is 0 Å². The number of anilines is 1. The van der Waals surface area contributed by atoms with Gasteiger partial charge in [0.25, 0.3) is 0 Å². The summed E-state index contributed by atoms with van der Waals surface area (Å²) in [6.45, 7) is 4.11. The van der Waals surface area contributed by atoms with E-state index in [-0.39, 0.29) is 6.09 Å². The summed E-state index contributed by atoms with van der Waals surface area (Å²) in [5, 5.41) is 3.38. The van der Waals surface area contributed by atoms with Crippen molar-refractivity contribution in [3.05, 3.63) is 28.8 Å². The number of ether oxygens (including phenoxy) is 1. The van der Waals surface area contributed by atoms with Crippen molar-refractivity contribution in [2.75, 3.05) is 5.32 Å². The van der Waals surface area contributed by atoms with Gasteiger partial charge in [0.15, 0.2) is 0 Å². The average molecular weight is 254 g/mol. The fourth-order valence-electron chi connectivity index (χ4n) is 2.40. The third kappa shape index (κ3) is 2.12. The first-order valence-electron chi connectivity index (χ1n) is 5.91. The Morgan fingerprint density at radius 3 is 2.82 bits per heavy atom. The summed E-state index contributed by atoms with van der Waals surface area (Å²) in [7, 11) is 0. The number of carbonyl (C=O) groups excluding carboxylic acids is 1. The van der Waals surface area contributed by atoms with Crippen molar-refractivity contribution in [3.8, 4) is 0 Å². The number of fused-ring (bicyclic) bond motifs is 1. The van der Waals surface area contributed by atoms with Crippen LogP contribution in [0.15, 0.2) is 18.2 Å². The maximum atomic E-state index is 11.6. The van der Waals surface area contributed by atoms with Gasteiger partial charge in [-0.15, -0.1) is 0 Å². The van der Waals surface area contributed by atoms with Crippen molar-refractivity contribution in [1.29, 1.82) is 0 Å². The van der Waals surface area contributed by atoms with E-state index in [2.05, 4.69) is 12.2 Å². The molecule has 0 unspecified atom stereocenters. The van der Waals surface area contributed by atoms with E-state index in [1.54, 1.807) is 6.07 Å². The molecule has 1 atom stereocenters. The quantitative estimate of drug-likeness (QED) is 0.872. The Morgan fingerprint density at radius 1 is 1.41 bits per heavy atom. The Balaban J connectivity index is 2.54. The summed E-state index contributed by atoms with van der Waals surface area (Å²) in [5.41, 5.74) is 1.26. The number of hydrogen-bond donors (Lipinski definition) is 1. The lowest BCUT2D eigenvalue weighted by molar-refractivity contribution is 0.000341. The highest BCUT2D eigenvalue weighted by atomic mass is 35.5. The molecule has 0 fully saturated rings. The average Bonchev–Trinajstić information content (AvgIpc) is 2.30. The molecule has 3 nitrogen and oxygen atoms in total. The number of carbonyl (C=O) groups is 1. The van der Waals surface area contributed by atoms with Crippen LogP contribution in [-0.2, 0) is 10.3 Å². The zero-order valence-electron chi connectivity index (χ0n) is 10.0. The predicted octanol–water partition coefficient (Wildman–Crippen LogP) is 4.31. The molecule has 0 saturated heterocycles. The smallest absolute Gasteiger partial charge is 0.412 e. The van der Waals surface area contributed by atoms with Crippen LogP contribution in [0.4, 0.5) is 10.5 Å². The van der Waals surface area contributed by atoms with E-state index in [1.165, 1.54) is 0 Å². The van der Waals surface area contributed by atoms with Gasteiger partial charge in [0.2, 0.25) is 0 Å². The van der Waals surface area contributed by atoms with Crippen molar-refractivity contribution in [2.24, 2.45) is 0 Å². The van der Waals surface area contributed by atoms with Gasteiger partial charge in [0, 0.05) is 10.6 Å². The molecule has 0 saturated carbocycles. The van der Waals surface area contributed by atoms with Crippen molar-refractivity contribution < 1.29 is 9.53 Å². The van der Waals surface area contributed by atoms with Gasteiger partial charge in [-0.3, -0.25) is 5.32 Å². The Hall–Kier alpha value is -1.22. The molecule has 0 bridgehead atoms. The molecule has 4 heteroatoms. The highest BCUT2D eigenvalue weighted by Crippen LogP contribution is 2.42. The molecule has 1 aliphatic rings. The van der Waals surface area contributed by atoms with Crippen LogP contribution in [0.2, 0.25) is 5.02 Å². The van der Waals surface area contributed by atoms with Gasteiger partial charge in [-0.05, 0) is 31.0 Å². The Kier molecular flexibility index (Phi) is 3.29. The number of nitrogens with one attached hydrogen (secondary N) is 1. The summed E-state index contributed by atoms with van der Waals surface area (Å²) >= 11 is 6.03. The standard InChI is InChI=1S/C13H16ClNO2/c1-3-7-13(4-2)10-8-9(14)5-6-11(10)15-12(16)17-13/h5-6,8H,3-4,7H2,1-2H3,(H,15,16)/t13-/m0/s1. The van der Waals surface area contributed by atoms with Crippen LogP contribution >= 0.6 is 11.6 Å². The lowest BCUT2D eigenvalue weighted by Gasteiger charge is -2.38. The number of benzene rings is 1. The molecule has 0 aliphatic carbocycles. The molecule has 1 aromatic carbocycles. The minimum absolute atomic E-state index is 0.380. The van der Waals surface area contributed by atoms with Crippen LogP contribution in [0.5, 0.6) is 0 Å². The molecule has 0 spiro atoms. The molecule has 2 rings (SSSR count). The molecular formula is C13H16ClNO2. The number of cyclic esters (lactones) is 1. The molecule has 0 aromatic heterocycles. The maximum absolute atomic E-state index is 11.6. The maximum Gasteiger partial charge on any atom is 0.412 e. The summed E-state index contributed by atoms with van der Waals surface area (Å²) in [5.74, 6) is 0. The number of halogens is 1. The van der Waals surface area contributed by atoms with E-state index in [9.17, 15) is 4.79 Å². The molecular weight excluding hydrogens is 238 g/mol. The van der Waals surface area contributed by atoms with Gasteiger partial charge >= 0.3 is 6.09 Å². The van der Waals surface area contributed by atoms with E-state index < -0.39 is 5.60 Å². The van der Waals surface area contributed by atoms with E-state index in [1.807, 2.05) is 19.1 Å². The molecule has 17 heavy (non-hydrogen) atoms. The van der Waals surface area contributed by atoms with Gasteiger partial charge in [-0.2, -0.15) is 0 Å². The van der Waals surface area contributed by atoms with Crippen LogP contribution in [-0.4, -0.2) is 6.09 Å². The second-order valence-corrected chi connectivity index (χ2v) is 4.74. The van der Waals surface area contributed by atoms with Crippen LogP contribution in [0.25, 0.3) is 0 Å². The molecule has 1 aromatic rings. The monoisotopic (exact) mass is 253 g/mol. The van der Waals surface area contributed by atoms with Crippen molar-refractivity contribution in [3.63, 3.8) is 0 Å². The highest BCUT2D eigenvalue weighted by molar-refractivity contribution is 6.30. The minimum Gasteiger partial charge on any atom is -0.438 e. The van der Waals surface area contributed by atoms with Crippen LogP contribution < -0.4 is 5.32 Å². The molecule has 1 heterocycles. The zero-order chi connectivity index (χ0) is 12.5. The van der Waals surface area contributed by atoms with E-state index in [4.69, 9.17) is 16.3 Å². The number of hydrogen-bond acceptors (Lipinski definition) is 2. The second kappa shape index (κ2) is 4.57. The van der Waals surface area contributed by atoms with Gasteiger partial charge in [-0.25, -0.2) is 4.79 Å². The molecule has 92 valence electrons. The normalized spacial score (nSPS) is 22.6. The fraction of sp³-hybridized carbons (Fsp3) is 0.462. The SMILES string of the molecule is CCC[C@]1(CC)OC(=O)Nc2ccc(Cl)cc21. The largest absolute Gasteiger partial charge is 0.438 e. The first-order valence-corrected chi connectivity index (χ1v) is 6.29. The summed E-state index contributed by atoms with van der Waals surface area (Å²) in [4.78, 5) is 11.6. The van der Waals surface area contributed by atoms with Gasteiger partial charge in [0.1, 0.15) is 5.60 Å². The zero-order valence-corrected chi connectivity index (χ0v) is 10.8. The lowest BCUT2D eigenvalue weighted by Crippen LogP contribution is -2.39. The molecule has 1 amide bonds. The molecule has 1 aliphatic heterocycles. The highest BCUT2D eigenvalue weighted by Gasteiger charge is 2.39. The van der Waals surface area contributed by atoms with Crippen LogP contribution in [0.1, 0.15) is 38.7 Å². The number of rotatable bonds is 3. The first-order chi connectivity index (χ1) is 8.11. The summed E-state index contributed by atoms with van der Waals surface area (Å²) < 4.78 is 5.54. The van der Waals surface area contributed by atoms with Gasteiger partial charge in [0.05, 0.1) is 5.69 Å². The van der Waals surface area contributed by atoms with Crippen molar-refractivity contribution in [2.45, 2.75) is 38.7 Å². The topological polar surface area (TPSA) is 38.3 Å². The summed E-state index contributed by atoms with van der Waals surface area (Å²) in [6.07, 6.45) is 2.13. The van der Waals surface area contributed by atoms with E-state index in [0.717, 1.165) is 30.5 Å². The van der Waals surface area contributed by atoms with Gasteiger partial charge in [-0.1, -0.05) is 31.9 Å². The van der Waals surface area contributed by atoms with E-state index >= 15 is 0 Å². The predicted molar refractivity (Wildman–Crippen MR) is 68.4 cm³/mol. The van der Waals surface area contributed by atoms with E-state index in [0.29, 0.717) is 5.02 Å². The van der Waals surface area contributed by atoms with Crippen molar-refractivity contribution >= 4 is 23.4 Å². The third-order valence-electron chi connectivity index (χ3n) is 3.22.